The highest BCUT2D eigenvalue weighted by Gasteiger charge is 2.30. The lowest BCUT2D eigenvalue weighted by Crippen LogP contribution is -2.56. The molecule has 34 heavy (non-hydrogen) atoms. The van der Waals surface area contributed by atoms with Crippen LogP contribution in [0.1, 0.15) is 74.1 Å². The number of ether oxygens (including phenoxy) is 1. The summed E-state index contributed by atoms with van der Waals surface area (Å²) < 4.78 is 5.27. The number of amides is 3. The van der Waals surface area contributed by atoms with Gasteiger partial charge in [-0.15, -0.1) is 0 Å². The van der Waals surface area contributed by atoms with E-state index in [-0.39, 0.29) is 17.8 Å². The van der Waals surface area contributed by atoms with Crippen molar-refractivity contribution >= 4 is 30.2 Å². The Morgan fingerprint density at radius 3 is 1.85 bits per heavy atom. The molecule has 0 radical (unpaired) electrons. The minimum atomic E-state index is -0.876. The molecule has 0 heterocycles. The zero-order valence-corrected chi connectivity index (χ0v) is 21.6. The summed E-state index contributed by atoms with van der Waals surface area (Å²) in [6, 6.07) is -2.49. The van der Waals surface area contributed by atoms with Crippen molar-refractivity contribution in [2.24, 2.45) is 28.3 Å². The van der Waals surface area contributed by atoms with Crippen molar-refractivity contribution in [1.82, 2.24) is 16.0 Å². The fourth-order valence-corrected chi connectivity index (χ4v) is 3.10. The van der Waals surface area contributed by atoms with Crippen molar-refractivity contribution in [2.75, 3.05) is 6.54 Å². The van der Waals surface area contributed by atoms with Gasteiger partial charge in [0.05, 0.1) is 6.04 Å². The standard InChI is InChI=1S/C23H44N6O5/c1-14(2)11-17(19(31)27-16(13-30)9-8-10-26-21(24)25)28-20(32)18(12-15(3)4)29-22(33)34-23(5,6)7/h13-18H,8-12H2,1-7H3,(H,27,31)(H,28,32)(H,29,33)(H4,24,25,26)/t16-,17+,18+/m1/s1. The van der Waals surface area contributed by atoms with E-state index in [9.17, 15) is 19.2 Å². The Morgan fingerprint density at radius 1 is 0.912 bits per heavy atom. The van der Waals surface area contributed by atoms with E-state index in [0.717, 1.165) is 0 Å². The Bertz CT molecular complexity index is 698. The topological polar surface area (TPSA) is 178 Å². The monoisotopic (exact) mass is 484 g/mol. The first-order chi connectivity index (χ1) is 15.6. The Kier molecular flexibility index (Phi) is 13.9. The molecular weight excluding hydrogens is 440 g/mol. The molecule has 3 atom stereocenters. The molecule has 7 N–H and O–H groups in total. The molecule has 0 saturated heterocycles. The van der Waals surface area contributed by atoms with Crippen LogP contribution in [-0.2, 0) is 19.1 Å². The summed E-state index contributed by atoms with van der Waals surface area (Å²) in [5, 5.41) is 8.02. The van der Waals surface area contributed by atoms with Gasteiger partial charge in [0, 0.05) is 6.54 Å². The second-order valence-electron chi connectivity index (χ2n) is 10.2. The quantitative estimate of drug-likeness (QED) is 0.106. The number of alkyl carbamates (subject to hydrolysis) is 1. The first kappa shape index (κ1) is 31.1. The van der Waals surface area contributed by atoms with Gasteiger partial charge in [-0.3, -0.25) is 14.6 Å². The van der Waals surface area contributed by atoms with Crippen molar-refractivity contribution in [3.63, 3.8) is 0 Å². The molecule has 0 aromatic heterocycles. The summed E-state index contributed by atoms with van der Waals surface area (Å²) >= 11 is 0. The first-order valence-corrected chi connectivity index (χ1v) is 11.8. The highest BCUT2D eigenvalue weighted by molar-refractivity contribution is 5.92. The number of hydrogen-bond acceptors (Lipinski definition) is 6. The molecule has 0 aliphatic rings. The second-order valence-corrected chi connectivity index (χ2v) is 10.2. The predicted molar refractivity (Wildman–Crippen MR) is 132 cm³/mol. The van der Waals surface area contributed by atoms with Crippen molar-refractivity contribution in [3.05, 3.63) is 0 Å². The van der Waals surface area contributed by atoms with Crippen LogP contribution in [0.5, 0.6) is 0 Å². The first-order valence-electron chi connectivity index (χ1n) is 11.8. The minimum absolute atomic E-state index is 0.0395. The minimum Gasteiger partial charge on any atom is -0.444 e. The number of aliphatic imine (C=N–C) groups is 1. The Morgan fingerprint density at radius 2 is 1.41 bits per heavy atom. The van der Waals surface area contributed by atoms with Crippen molar-refractivity contribution in [3.8, 4) is 0 Å². The second kappa shape index (κ2) is 15.1. The summed E-state index contributed by atoms with van der Waals surface area (Å²) in [6.45, 7) is 13.2. The summed E-state index contributed by atoms with van der Waals surface area (Å²) in [7, 11) is 0. The Hall–Kier alpha value is -2.85. The van der Waals surface area contributed by atoms with Crippen LogP contribution >= 0.6 is 0 Å². The van der Waals surface area contributed by atoms with Gasteiger partial charge in [-0.1, -0.05) is 27.7 Å². The van der Waals surface area contributed by atoms with Crippen LogP contribution in [0.3, 0.4) is 0 Å². The highest BCUT2D eigenvalue weighted by atomic mass is 16.6. The summed E-state index contributed by atoms with van der Waals surface area (Å²) in [4.78, 5) is 53.5. The van der Waals surface area contributed by atoms with E-state index in [1.165, 1.54) is 0 Å². The lowest BCUT2D eigenvalue weighted by molar-refractivity contribution is -0.131. The van der Waals surface area contributed by atoms with Crippen LogP contribution in [0, 0.1) is 11.8 Å². The fraction of sp³-hybridized carbons (Fsp3) is 0.783. The van der Waals surface area contributed by atoms with Gasteiger partial charge in [-0.2, -0.15) is 0 Å². The molecule has 0 aliphatic carbocycles. The van der Waals surface area contributed by atoms with Gasteiger partial charge in [-0.25, -0.2) is 4.79 Å². The van der Waals surface area contributed by atoms with E-state index < -0.39 is 41.6 Å². The zero-order valence-electron chi connectivity index (χ0n) is 21.6. The number of nitrogens with zero attached hydrogens (tertiary/aromatic N) is 1. The van der Waals surface area contributed by atoms with Gasteiger partial charge < -0.3 is 36.9 Å². The molecule has 0 saturated carbocycles. The number of aldehydes is 1. The van der Waals surface area contributed by atoms with Gasteiger partial charge >= 0.3 is 6.09 Å². The van der Waals surface area contributed by atoms with E-state index in [1.807, 2.05) is 27.7 Å². The average Bonchev–Trinajstić information content (AvgIpc) is 2.66. The van der Waals surface area contributed by atoms with Crippen LogP contribution in [0.2, 0.25) is 0 Å². The number of hydrogen-bond donors (Lipinski definition) is 5. The molecule has 0 spiro atoms. The summed E-state index contributed by atoms with van der Waals surface area (Å²) in [5.74, 6) is -0.803. The molecule has 0 unspecified atom stereocenters. The molecular formula is C23H44N6O5. The van der Waals surface area contributed by atoms with Gasteiger partial charge in [0.25, 0.3) is 0 Å². The molecule has 11 nitrogen and oxygen atoms in total. The van der Waals surface area contributed by atoms with E-state index in [0.29, 0.717) is 38.5 Å². The van der Waals surface area contributed by atoms with Crippen molar-refractivity contribution < 1.29 is 23.9 Å². The lowest BCUT2D eigenvalue weighted by atomic mass is 10.00. The number of guanidine groups is 1. The van der Waals surface area contributed by atoms with E-state index >= 15 is 0 Å². The van der Waals surface area contributed by atoms with Gasteiger partial charge in [0.15, 0.2) is 5.96 Å². The third kappa shape index (κ3) is 15.1. The molecule has 196 valence electrons. The fourth-order valence-electron chi connectivity index (χ4n) is 3.10. The SMILES string of the molecule is CC(C)C[C@H](NC(=O)OC(C)(C)C)C(=O)N[C@@H](CC(C)C)C(=O)N[C@@H](C=O)CCCN=C(N)N. The van der Waals surface area contributed by atoms with E-state index in [1.54, 1.807) is 20.8 Å². The molecule has 0 aliphatic heterocycles. The number of rotatable bonds is 14. The van der Waals surface area contributed by atoms with Crippen LogP contribution in [0.15, 0.2) is 4.99 Å². The van der Waals surface area contributed by atoms with Crippen LogP contribution in [-0.4, -0.2) is 60.4 Å². The maximum atomic E-state index is 13.0. The number of carbonyl (C=O) groups is 4. The molecule has 3 amide bonds. The van der Waals surface area contributed by atoms with Crippen LogP contribution < -0.4 is 27.4 Å². The smallest absolute Gasteiger partial charge is 0.408 e. The third-order valence-electron chi connectivity index (χ3n) is 4.51. The maximum Gasteiger partial charge on any atom is 0.408 e. The molecule has 0 aromatic rings. The molecule has 11 heteroatoms. The summed E-state index contributed by atoms with van der Waals surface area (Å²) in [5.41, 5.74) is 9.85. The third-order valence-corrected chi connectivity index (χ3v) is 4.51. The molecule has 0 aromatic carbocycles. The molecule has 0 fully saturated rings. The number of carbonyl (C=O) groups excluding carboxylic acids is 4. The van der Waals surface area contributed by atoms with Crippen LogP contribution in [0.25, 0.3) is 0 Å². The highest BCUT2D eigenvalue weighted by Crippen LogP contribution is 2.11. The van der Waals surface area contributed by atoms with Gasteiger partial charge in [0.2, 0.25) is 11.8 Å². The number of nitrogens with two attached hydrogens (primary N) is 2. The lowest BCUT2D eigenvalue weighted by Gasteiger charge is -2.27. The van der Waals surface area contributed by atoms with Gasteiger partial charge in [0.1, 0.15) is 24.0 Å². The number of nitrogens with one attached hydrogen (secondary N) is 3. The van der Waals surface area contributed by atoms with Gasteiger partial charge in [-0.05, 0) is 58.3 Å². The largest absolute Gasteiger partial charge is 0.444 e. The van der Waals surface area contributed by atoms with Crippen molar-refractivity contribution in [1.29, 1.82) is 0 Å². The zero-order chi connectivity index (χ0) is 26.5. The Labute approximate surface area is 203 Å². The van der Waals surface area contributed by atoms with Crippen LogP contribution in [0.4, 0.5) is 4.79 Å². The van der Waals surface area contributed by atoms with Crippen molar-refractivity contribution in [2.45, 2.75) is 97.9 Å². The maximum absolute atomic E-state index is 13.0. The van der Waals surface area contributed by atoms with E-state index in [2.05, 4.69) is 20.9 Å². The summed E-state index contributed by atoms with van der Waals surface area (Å²) in [6.07, 6.45) is 1.51. The van der Waals surface area contributed by atoms with E-state index in [4.69, 9.17) is 16.2 Å². The predicted octanol–water partition coefficient (Wildman–Crippen LogP) is 1.19. The average molecular weight is 485 g/mol. The Balaban J connectivity index is 5.30. The molecule has 0 bridgehead atoms. The molecule has 0 rings (SSSR count). The normalized spacial score (nSPS) is 14.0.